The van der Waals surface area contributed by atoms with Crippen molar-refractivity contribution in [2.24, 2.45) is 0 Å². The van der Waals surface area contributed by atoms with Crippen LogP contribution in [0.15, 0.2) is 53.7 Å². The fraction of sp³-hybridized carbons (Fsp3) is 0.417. The van der Waals surface area contributed by atoms with Crippen molar-refractivity contribution < 1.29 is 13.9 Å². The van der Waals surface area contributed by atoms with Gasteiger partial charge in [-0.2, -0.15) is 0 Å². The van der Waals surface area contributed by atoms with Crippen LogP contribution in [0.25, 0.3) is 5.69 Å². The second kappa shape index (κ2) is 10.8. The molecule has 8 heteroatoms. The number of likely N-dealkylation sites (tertiary alicyclic amines) is 1. The fourth-order valence-corrected chi connectivity index (χ4v) is 4.98. The lowest BCUT2D eigenvalue weighted by molar-refractivity contribution is 0.182. The number of ether oxygens (including phenoxy) is 2. The first-order valence-corrected chi connectivity index (χ1v) is 11.9. The molecule has 0 spiro atoms. The lowest BCUT2D eigenvalue weighted by Gasteiger charge is -2.32. The molecular formula is C24H29FN4O2S. The molecule has 1 fully saturated rings. The predicted octanol–water partition coefficient (Wildman–Crippen LogP) is 4.96. The SMILES string of the molecule is COc1ccc(OCc2nnc(SCCC3CCCCN3C)n2-c2ccccc2F)cc1. The molecule has 4 rings (SSSR count). The van der Waals surface area contributed by atoms with Gasteiger partial charge in [0, 0.05) is 11.8 Å². The van der Waals surface area contributed by atoms with Gasteiger partial charge in [-0.1, -0.05) is 30.3 Å². The van der Waals surface area contributed by atoms with Crippen LogP contribution in [0.1, 0.15) is 31.5 Å². The van der Waals surface area contributed by atoms with E-state index >= 15 is 0 Å². The molecule has 1 aliphatic heterocycles. The van der Waals surface area contributed by atoms with Crippen LogP contribution in [0.2, 0.25) is 0 Å². The number of hydrogen-bond acceptors (Lipinski definition) is 6. The summed E-state index contributed by atoms with van der Waals surface area (Å²) >= 11 is 1.62. The molecular weight excluding hydrogens is 427 g/mol. The summed E-state index contributed by atoms with van der Waals surface area (Å²) in [6.45, 7) is 1.34. The highest BCUT2D eigenvalue weighted by atomic mass is 32.2. The number of rotatable bonds is 9. The monoisotopic (exact) mass is 456 g/mol. The van der Waals surface area contributed by atoms with Gasteiger partial charge in [-0.15, -0.1) is 10.2 Å². The summed E-state index contributed by atoms with van der Waals surface area (Å²) in [5.74, 6) is 2.59. The average molecular weight is 457 g/mol. The zero-order chi connectivity index (χ0) is 22.3. The maximum absolute atomic E-state index is 14.7. The van der Waals surface area contributed by atoms with E-state index in [0.717, 1.165) is 24.5 Å². The molecule has 0 saturated carbocycles. The summed E-state index contributed by atoms with van der Waals surface area (Å²) < 4.78 is 27.5. The Morgan fingerprint density at radius 3 is 2.59 bits per heavy atom. The second-order valence-electron chi connectivity index (χ2n) is 7.92. The molecule has 1 atom stereocenters. The van der Waals surface area contributed by atoms with Crippen molar-refractivity contribution in [3.05, 3.63) is 60.2 Å². The molecule has 1 aliphatic rings. The number of para-hydroxylation sites is 1. The van der Waals surface area contributed by atoms with E-state index < -0.39 is 0 Å². The third-order valence-electron chi connectivity index (χ3n) is 5.82. The summed E-state index contributed by atoms with van der Waals surface area (Å²) in [7, 11) is 3.82. The van der Waals surface area contributed by atoms with E-state index in [2.05, 4.69) is 22.1 Å². The molecule has 0 amide bonds. The summed E-state index contributed by atoms with van der Waals surface area (Å²) in [6, 6.07) is 14.6. The maximum Gasteiger partial charge on any atom is 0.196 e. The van der Waals surface area contributed by atoms with Gasteiger partial charge < -0.3 is 14.4 Å². The quantitative estimate of drug-likeness (QED) is 0.424. The number of halogens is 1. The number of thioether (sulfide) groups is 1. The fourth-order valence-electron chi connectivity index (χ4n) is 3.98. The number of hydrogen-bond donors (Lipinski definition) is 0. The van der Waals surface area contributed by atoms with Crippen LogP contribution in [0.3, 0.4) is 0 Å². The standard InChI is InChI=1S/C24H29FN4O2S/c1-28-15-6-5-7-18(28)14-16-32-24-27-26-23(29(24)22-9-4-3-8-21(22)25)17-31-20-12-10-19(30-2)11-13-20/h3-4,8-13,18H,5-7,14-17H2,1-2H3. The van der Waals surface area contributed by atoms with Gasteiger partial charge in [0.05, 0.1) is 12.8 Å². The maximum atomic E-state index is 14.7. The molecule has 1 unspecified atom stereocenters. The van der Waals surface area contributed by atoms with Gasteiger partial charge in [-0.25, -0.2) is 4.39 Å². The first kappa shape index (κ1) is 22.6. The number of piperidine rings is 1. The van der Waals surface area contributed by atoms with Gasteiger partial charge in [-0.05, 0) is 69.3 Å². The molecule has 1 saturated heterocycles. The smallest absolute Gasteiger partial charge is 0.196 e. The van der Waals surface area contributed by atoms with Gasteiger partial charge in [0.15, 0.2) is 11.0 Å². The van der Waals surface area contributed by atoms with Crippen molar-refractivity contribution in [1.29, 1.82) is 0 Å². The lowest BCUT2D eigenvalue weighted by Crippen LogP contribution is -2.36. The van der Waals surface area contributed by atoms with Crippen molar-refractivity contribution in [1.82, 2.24) is 19.7 Å². The van der Waals surface area contributed by atoms with Crippen LogP contribution < -0.4 is 9.47 Å². The van der Waals surface area contributed by atoms with Crippen LogP contribution in [-0.2, 0) is 6.61 Å². The Bertz CT molecular complexity index is 1010. The van der Waals surface area contributed by atoms with Gasteiger partial charge in [0.25, 0.3) is 0 Å². The molecule has 32 heavy (non-hydrogen) atoms. The Balaban J connectivity index is 1.49. The van der Waals surface area contributed by atoms with Crippen LogP contribution in [0.5, 0.6) is 11.5 Å². The molecule has 0 aliphatic carbocycles. The Hall–Kier alpha value is -2.58. The van der Waals surface area contributed by atoms with Crippen molar-refractivity contribution in [3.63, 3.8) is 0 Å². The molecule has 2 aromatic carbocycles. The molecule has 6 nitrogen and oxygen atoms in total. The van der Waals surface area contributed by atoms with Crippen molar-refractivity contribution in [2.45, 2.75) is 43.5 Å². The first-order chi connectivity index (χ1) is 15.7. The highest BCUT2D eigenvalue weighted by Gasteiger charge is 2.21. The van der Waals surface area contributed by atoms with E-state index in [1.165, 1.54) is 25.3 Å². The summed E-state index contributed by atoms with van der Waals surface area (Å²) in [5, 5.41) is 9.38. The number of nitrogens with zero attached hydrogens (tertiary/aromatic N) is 4. The Labute approximate surface area is 192 Å². The molecule has 0 N–H and O–H groups in total. The van der Waals surface area contributed by atoms with Gasteiger partial charge in [-0.3, -0.25) is 4.57 Å². The topological polar surface area (TPSA) is 52.4 Å². The second-order valence-corrected chi connectivity index (χ2v) is 8.98. The Morgan fingerprint density at radius 1 is 1.06 bits per heavy atom. The van der Waals surface area contributed by atoms with Gasteiger partial charge in [0.2, 0.25) is 0 Å². The minimum Gasteiger partial charge on any atom is -0.497 e. The van der Waals surface area contributed by atoms with Crippen molar-refractivity contribution >= 4 is 11.8 Å². The number of benzene rings is 2. The minimum absolute atomic E-state index is 0.180. The van der Waals surface area contributed by atoms with Crippen LogP contribution >= 0.6 is 11.8 Å². The molecule has 0 radical (unpaired) electrons. The summed E-state index contributed by atoms with van der Waals surface area (Å²) in [5.41, 5.74) is 0.433. The Morgan fingerprint density at radius 2 is 1.84 bits per heavy atom. The molecule has 3 aromatic rings. The summed E-state index contributed by atoms with van der Waals surface area (Å²) in [4.78, 5) is 2.44. The van der Waals surface area contributed by atoms with E-state index in [1.54, 1.807) is 35.6 Å². The molecule has 170 valence electrons. The normalized spacial score (nSPS) is 16.8. The zero-order valence-electron chi connectivity index (χ0n) is 18.5. The third-order valence-corrected chi connectivity index (χ3v) is 6.79. The first-order valence-electron chi connectivity index (χ1n) is 10.9. The average Bonchev–Trinajstić information content (AvgIpc) is 3.22. The van der Waals surface area contributed by atoms with E-state index in [0.29, 0.717) is 28.5 Å². The van der Waals surface area contributed by atoms with Crippen LogP contribution in [0.4, 0.5) is 4.39 Å². The van der Waals surface area contributed by atoms with E-state index in [9.17, 15) is 4.39 Å². The summed E-state index contributed by atoms with van der Waals surface area (Å²) in [6.07, 6.45) is 4.87. The zero-order valence-corrected chi connectivity index (χ0v) is 19.4. The van der Waals surface area contributed by atoms with E-state index in [1.807, 2.05) is 30.3 Å². The van der Waals surface area contributed by atoms with Gasteiger partial charge >= 0.3 is 0 Å². The lowest BCUT2D eigenvalue weighted by atomic mass is 10.0. The van der Waals surface area contributed by atoms with Crippen LogP contribution in [0, 0.1) is 5.82 Å². The number of aromatic nitrogens is 3. The number of methoxy groups -OCH3 is 1. The minimum atomic E-state index is -0.313. The van der Waals surface area contributed by atoms with Crippen molar-refractivity contribution in [2.75, 3.05) is 26.5 Å². The molecule has 0 bridgehead atoms. The molecule has 2 heterocycles. The van der Waals surface area contributed by atoms with Crippen LogP contribution in [-0.4, -0.2) is 52.2 Å². The van der Waals surface area contributed by atoms with E-state index in [-0.39, 0.29) is 12.4 Å². The van der Waals surface area contributed by atoms with Gasteiger partial charge in [0.1, 0.15) is 23.9 Å². The van der Waals surface area contributed by atoms with Crippen molar-refractivity contribution in [3.8, 4) is 17.2 Å². The largest absolute Gasteiger partial charge is 0.497 e. The predicted molar refractivity (Wildman–Crippen MR) is 124 cm³/mol. The third kappa shape index (κ3) is 5.42. The highest BCUT2D eigenvalue weighted by molar-refractivity contribution is 7.99. The molecule has 1 aromatic heterocycles. The van der Waals surface area contributed by atoms with E-state index in [4.69, 9.17) is 9.47 Å². The highest BCUT2D eigenvalue weighted by Crippen LogP contribution is 2.27. The Kier molecular flexibility index (Phi) is 7.65.